The summed E-state index contributed by atoms with van der Waals surface area (Å²) in [6.45, 7) is 3.21. The Labute approximate surface area is 133 Å². The minimum Gasteiger partial charge on any atom is -0.480 e. The van der Waals surface area contributed by atoms with Crippen molar-refractivity contribution >= 4 is 11.9 Å². The number of halogens is 1. The number of carbonyl (C=O) groups is 2. The molecule has 1 aromatic carbocycles. The van der Waals surface area contributed by atoms with E-state index in [9.17, 15) is 14.0 Å². The summed E-state index contributed by atoms with van der Waals surface area (Å²) in [5.74, 6) is -1.86. The van der Waals surface area contributed by atoms with Crippen molar-refractivity contribution in [2.75, 3.05) is 6.54 Å². The summed E-state index contributed by atoms with van der Waals surface area (Å²) in [6.07, 6.45) is 0.611. The Balaban J connectivity index is 2.29. The molecule has 122 valence electrons. The van der Waals surface area contributed by atoms with Crippen LogP contribution in [0.1, 0.15) is 30.8 Å². The van der Waals surface area contributed by atoms with E-state index < -0.39 is 24.2 Å². The molecule has 1 N–H and O–H groups in total. The number of hydrogen-bond donors (Lipinski definition) is 1. The number of aliphatic carboxylic acids is 1. The third-order valence-electron chi connectivity index (χ3n) is 3.65. The van der Waals surface area contributed by atoms with Gasteiger partial charge in [0.15, 0.2) is 5.76 Å². The largest absolute Gasteiger partial charge is 0.480 e. The van der Waals surface area contributed by atoms with Crippen molar-refractivity contribution in [2.45, 2.75) is 26.3 Å². The Morgan fingerprint density at radius 2 is 1.96 bits per heavy atom. The number of amides is 1. The summed E-state index contributed by atoms with van der Waals surface area (Å²) in [7, 11) is 0. The number of nitrogens with zero attached hydrogens (tertiary/aromatic N) is 1. The van der Waals surface area contributed by atoms with Crippen molar-refractivity contribution in [3.63, 3.8) is 0 Å². The van der Waals surface area contributed by atoms with Gasteiger partial charge in [0.1, 0.15) is 18.1 Å². The summed E-state index contributed by atoms with van der Waals surface area (Å²) >= 11 is 0. The number of carbonyl (C=O) groups excluding carboxylic acids is 1. The summed E-state index contributed by atoms with van der Waals surface area (Å²) in [6, 6.07) is 8.76. The zero-order chi connectivity index (χ0) is 17.0. The van der Waals surface area contributed by atoms with Crippen molar-refractivity contribution in [1.82, 2.24) is 4.90 Å². The molecule has 0 fully saturated rings. The first-order valence-corrected chi connectivity index (χ1v) is 7.31. The predicted octanol–water partition coefficient (Wildman–Crippen LogP) is 3.41. The molecule has 0 aliphatic carbocycles. The number of carboxylic acid groups (broad SMARTS) is 1. The molecule has 2 aromatic rings. The van der Waals surface area contributed by atoms with Crippen molar-refractivity contribution < 1.29 is 23.5 Å². The number of hydrogen-bond acceptors (Lipinski definition) is 3. The summed E-state index contributed by atoms with van der Waals surface area (Å²) in [5, 5.41) is 8.97. The fourth-order valence-electron chi connectivity index (χ4n) is 2.19. The zero-order valence-electron chi connectivity index (χ0n) is 13.0. The molecule has 0 spiro atoms. The van der Waals surface area contributed by atoms with E-state index in [1.54, 1.807) is 25.1 Å². The van der Waals surface area contributed by atoms with Crippen LogP contribution in [0.2, 0.25) is 0 Å². The second kappa shape index (κ2) is 7.09. The molecular formula is C17H18FNO4. The molecule has 23 heavy (non-hydrogen) atoms. The molecule has 1 aromatic heterocycles. The van der Waals surface area contributed by atoms with Crippen molar-refractivity contribution in [1.29, 1.82) is 0 Å². The number of benzene rings is 1. The molecule has 1 atom stereocenters. The van der Waals surface area contributed by atoms with E-state index >= 15 is 0 Å². The van der Waals surface area contributed by atoms with E-state index in [0.717, 1.165) is 0 Å². The van der Waals surface area contributed by atoms with Crippen LogP contribution in [0.25, 0.3) is 11.3 Å². The summed E-state index contributed by atoms with van der Waals surface area (Å²) < 4.78 is 19.2. The van der Waals surface area contributed by atoms with Gasteiger partial charge in [-0.2, -0.15) is 0 Å². The van der Waals surface area contributed by atoms with Gasteiger partial charge in [0, 0.05) is 6.04 Å². The third kappa shape index (κ3) is 3.77. The normalized spacial score (nSPS) is 12.0. The minimum absolute atomic E-state index is 0.00944. The molecule has 5 nitrogen and oxygen atoms in total. The lowest BCUT2D eigenvalue weighted by atomic mass is 10.1. The van der Waals surface area contributed by atoms with E-state index in [2.05, 4.69) is 0 Å². The van der Waals surface area contributed by atoms with Crippen LogP contribution in [0.3, 0.4) is 0 Å². The van der Waals surface area contributed by atoms with Crippen molar-refractivity contribution in [3.8, 4) is 11.3 Å². The Kier molecular flexibility index (Phi) is 5.16. The van der Waals surface area contributed by atoms with Crippen molar-refractivity contribution in [3.05, 3.63) is 48.0 Å². The lowest BCUT2D eigenvalue weighted by Gasteiger charge is -2.25. The van der Waals surface area contributed by atoms with E-state index in [1.807, 2.05) is 6.92 Å². The molecule has 6 heteroatoms. The van der Waals surface area contributed by atoms with E-state index in [4.69, 9.17) is 9.52 Å². The van der Waals surface area contributed by atoms with Crippen LogP contribution in [0.15, 0.2) is 40.8 Å². The van der Waals surface area contributed by atoms with Gasteiger partial charge in [0.25, 0.3) is 5.91 Å². The van der Waals surface area contributed by atoms with Gasteiger partial charge in [-0.1, -0.05) is 19.1 Å². The van der Waals surface area contributed by atoms with Crippen molar-refractivity contribution in [2.24, 2.45) is 0 Å². The zero-order valence-corrected chi connectivity index (χ0v) is 13.0. The quantitative estimate of drug-likeness (QED) is 0.885. The van der Waals surface area contributed by atoms with Crippen LogP contribution in [0.4, 0.5) is 4.39 Å². The molecule has 0 aliphatic heterocycles. The molecule has 0 bridgehead atoms. The Hall–Kier alpha value is -2.63. The lowest BCUT2D eigenvalue weighted by Crippen LogP contribution is -2.41. The molecule has 2 rings (SSSR count). The van der Waals surface area contributed by atoms with E-state index in [-0.39, 0.29) is 23.1 Å². The average molecular weight is 319 g/mol. The maximum Gasteiger partial charge on any atom is 0.323 e. The van der Waals surface area contributed by atoms with Crippen LogP contribution in [-0.4, -0.2) is 34.5 Å². The molecule has 1 amide bonds. The fourth-order valence-corrected chi connectivity index (χ4v) is 2.19. The van der Waals surface area contributed by atoms with Crippen LogP contribution >= 0.6 is 0 Å². The monoisotopic (exact) mass is 319 g/mol. The van der Waals surface area contributed by atoms with Crippen LogP contribution < -0.4 is 0 Å². The molecule has 0 saturated carbocycles. The second-order valence-electron chi connectivity index (χ2n) is 5.23. The first-order valence-electron chi connectivity index (χ1n) is 7.31. The smallest absolute Gasteiger partial charge is 0.323 e. The Morgan fingerprint density at radius 3 is 2.57 bits per heavy atom. The highest BCUT2D eigenvalue weighted by Gasteiger charge is 2.25. The molecule has 0 saturated heterocycles. The van der Waals surface area contributed by atoms with Crippen LogP contribution in [0.5, 0.6) is 0 Å². The molecule has 1 heterocycles. The van der Waals surface area contributed by atoms with E-state index in [1.165, 1.54) is 23.1 Å². The van der Waals surface area contributed by atoms with Crippen LogP contribution in [0, 0.1) is 5.82 Å². The first-order chi connectivity index (χ1) is 10.9. The maximum absolute atomic E-state index is 13.8. The summed E-state index contributed by atoms with van der Waals surface area (Å²) in [4.78, 5) is 24.7. The molecular weight excluding hydrogens is 301 g/mol. The van der Waals surface area contributed by atoms with Gasteiger partial charge >= 0.3 is 5.97 Å². The second-order valence-corrected chi connectivity index (χ2v) is 5.23. The van der Waals surface area contributed by atoms with Gasteiger partial charge in [0.2, 0.25) is 0 Å². The highest BCUT2D eigenvalue weighted by molar-refractivity contribution is 5.94. The van der Waals surface area contributed by atoms with Gasteiger partial charge in [-0.3, -0.25) is 9.59 Å². The van der Waals surface area contributed by atoms with E-state index in [0.29, 0.717) is 6.42 Å². The number of carboxylic acids is 1. The standard InChI is InChI=1S/C17H18FNO4/c1-3-11(2)19(10-16(20)21)17(22)15-9-8-14(23-15)12-6-4-5-7-13(12)18/h4-9,11H,3,10H2,1-2H3,(H,20,21). The van der Waals surface area contributed by atoms with Crippen LogP contribution in [-0.2, 0) is 4.79 Å². The average Bonchev–Trinajstić information content (AvgIpc) is 3.01. The first kappa shape index (κ1) is 16.7. The highest BCUT2D eigenvalue weighted by atomic mass is 19.1. The summed E-state index contributed by atoms with van der Waals surface area (Å²) in [5.41, 5.74) is 0.250. The van der Waals surface area contributed by atoms with Gasteiger partial charge in [-0.15, -0.1) is 0 Å². The predicted molar refractivity (Wildman–Crippen MR) is 82.5 cm³/mol. The minimum atomic E-state index is -1.10. The van der Waals surface area contributed by atoms with Gasteiger partial charge in [0.05, 0.1) is 5.56 Å². The number of furan rings is 1. The molecule has 0 radical (unpaired) electrons. The Morgan fingerprint density at radius 1 is 1.26 bits per heavy atom. The lowest BCUT2D eigenvalue weighted by molar-refractivity contribution is -0.138. The third-order valence-corrected chi connectivity index (χ3v) is 3.65. The van der Waals surface area contributed by atoms with Gasteiger partial charge in [-0.25, -0.2) is 4.39 Å². The maximum atomic E-state index is 13.8. The fraction of sp³-hybridized carbons (Fsp3) is 0.294. The SMILES string of the molecule is CCC(C)N(CC(=O)O)C(=O)c1ccc(-c2ccccc2F)o1. The molecule has 0 aliphatic rings. The van der Waals surface area contributed by atoms with Gasteiger partial charge < -0.3 is 14.4 Å². The van der Waals surface area contributed by atoms with Gasteiger partial charge in [-0.05, 0) is 37.6 Å². The molecule has 1 unspecified atom stereocenters. The Bertz CT molecular complexity index is 710. The number of rotatable bonds is 6. The highest BCUT2D eigenvalue weighted by Crippen LogP contribution is 2.25. The topological polar surface area (TPSA) is 70.8 Å².